The second-order valence-electron chi connectivity index (χ2n) is 4.90. The van der Waals surface area contributed by atoms with Crippen LogP contribution in [0.2, 0.25) is 0 Å². The summed E-state index contributed by atoms with van der Waals surface area (Å²) >= 11 is 1.21. The number of thiophene rings is 1. The first-order valence-electron chi connectivity index (χ1n) is 6.86. The normalized spacial score (nSPS) is 17.7. The molecule has 0 radical (unpaired) electrons. The summed E-state index contributed by atoms with van der Waals surface area (Å²) in [6.07, 6.45) is 1.00. The van der Waals surface area contributed by atoms with Crippen molar-refractivity contribution in [3.63, 3.8) is 0 Å². The van der Waals surface area contributed by atoms with Crippen molar-refractivity contribution < 1.29 is 23.9 Å². The molecule has 1 aromatic heterocycles. The van der Waals surface area contributed by atoms with Crippen LogP contribution >= 0.6 is 11.3 Å². The van der Waals surface area contributed by atoms with E-state index in [1.807, 2.05) is 0 Å². The summed E-state index contributed by atoms with van der Waals surface area (Å²) in [6.45, 7) is 0.901. The lowest BCUT2D eigenvalue weighted by Crippen LogP contribution is -2.43. The Morgan fingerprint density at radius 1 is 1.32 bits per heavy atom. The first-order chi connectivity index (χ1) is 10.6. The Bertz CT molecular complexity index is 571. The van der Waals surface area contributed by atoms with Crippen molar-refractivity contribution >= 4 is 35.0 Å². The predicted molar refractivity (Wildman–Crippen MR) is 81.0 cm³/mol. The molecule has 22 heavy (non-hydrogen) atoms. The molecule has 1 fully saturated rings. The van der Waals surface area contributed by atoms with Crippen molar-refractivity contribution in [3.8, 4) is 0 Å². The minimum absolute atomic E-state index is 0.211. The highest BCUT2D eigenvalue weighted by atomic mass is 32.1. The van der Waals surface area contributed by atoms with Crippen LogP contribution in [0.3, 0.4) is 0 Å². The van der Waals surface area contributed by atoms with Gasteiger partial charge in [-0.1, -0.05) is 0 Å². The highest BCUT2D eigenvalue weighted by Gasteiger charge is 2.29. The number of esters is 1. The predicted octanol–water partition coefficient (Wildman–Crippen LogP) is 1.95. The van der Waals surface area contributed by atoms with Crippen molar-refractivity contribution in [2.24, 2.45) is 5.92 Å². The highest BCUT2D eigenvalue weighted by Crippen LogP contribution is 2.25. The summed E-state index contributed by atoms with van der Waals surface area (Å²) in [6, 6.07) is 1.66. The summed E-state index contributed by atoms with van der Waals surface area (Å²) in [5.74, 6) is -1.01. The highest BCUT2D eigenvalue weighted by molar-refractivity contribution is 7.12. The van der Waals surface area contributed by atoms with E-state index in [4.69, 9.17) is 0 Å². The zero-order valence-electron chi connectivity index (χ0n) is 12.5. The number of carbonyl (C=O) groups excluding carboxylic acids is 3. The summed E-state index contributed by atoms with van der Waals surface area (Å²) < 4.78 is 9.36. The van der Waals surface area contributed by atoms with Crippen molar-refractivity contribution in [1.82, 2.24) is 4.90 Å². The molecular weight excluding hydrogens is 308 g/mol. The van der Waals surface area contributed by atoms with Gasteiger partial charge in [0.2, 0.25) is 5.91 Å². The first kappa shape index (κ1) is 16.3. The maximum Gasteiger partial charge on any atom is 0.409 e. The fourth-order valence-electron chi connectivity index (χ4n) is 2.38. The van der Waals surface area contributed by atoms with E-state index < -0.39 is 12.1 Å². The lowest BCUT2D eigenvalue weighted by Gasteiger charge is -2.30. The van der Waals surface area contributed by atoms with Crippen LogP contribution in [0.1, 0.15) is 22.5 Å². The second kappa shape index (κ2) is 7.26. The Morgan fingerprint density at radius 2 is 2.09 bits per heavy atom. The molecule has 1 aromatic rings. The number of rotatable bonds is 3. The maximum absolute atomic E-state index is 12.3. The molecule has 0 saturated carbocycles. The maximum atomic E-state index is 12.3. The van der Waals surface area contributed by atoms with E-state index in [1.165, 1.54) is 30.5 Å². The van der Waals surface area contributed by atoms with Gasteiger partial charge in [0.25, 0.3) is 0 Å². The number of hydrogen-bond donors (Lipinski definition) is 1. The van der Waals surface area contributed by atoms with E-state index in [-0.39, 0.29) is 11.8 Å². The summed E-state index contributed by atoms with van der Waals surface area (Å²) in [4.78, 5) is 37.4. The molecule has 1 saturated heterocycles. The number of hydrogen-bond acceptors (Lipinski definition) is 6. The molecule has 0 bridgehead atoms. The van der Waals surface area contributed by atoms with Crippen LogP contribution < -0.4 is 5.32 Å². The molecule has 1 aliphatic heterocycles. The molecule has 7 nitrogen and oxygen atoms in total. The van der Waals surface area contributed by atoms with Crippen LogP contribution in [0.15, 0.2) is 11.4 Å². The third-order valence-electron chi connectivity index (χ3n) is 3.52. The second-order valence-corrected chi connectivity index (χ2v) is 5.82. The van der Waals surface area contributed by atoms with Gasteiger partial charge in [0.1, 0.15) is 4.88 Å². The molecule has 0 unspecified atom stereocenters. The minimum Gasteiger partial charge on any atom is -0.465 e. The van der Waals surface area contributed by atoms with Gasteiger partial charge in [0.05, 0.1) is 25.8 Å². The molecule has 0 aromatic carbocycles. The number of ether oxygens (including phenoxy) is 2. The van der Waals surface area contributed by atoms with Crippen molar-refractivity contribution in [1.29, 1.82) is 0 Å². The number of carbonyl (C=O) groups is 3. The number of methoxy groups -OCH3 is 2. The van der Waals surface area contributed by atoms with Gasteiger partial charge >= 0.3 is 12.1 Å². The van der Waals surface area contributed by atoms with E-state index >= 15 is 0 Å². The van der Waals surface area contributed by atoms with Gasteiger partial charge in [-0.2, -0.15) is 0 Å². The van der Waals surface area contributed by atoms with Crippen molar-refractivity contribution in [3.05, 3.63) is 16.3 Å². The lowest BCUT2D eigenvalue weighted by atomic mass is 9.97. The van der Waals surface area contributed by atoms with Crippen molar-refractivity contribution in [2.45, 2.75) is 12.8 Å². The number of anilines is 1. The summed E-state index contributed by atoms with van der Waals surface area (Å²) in [7, 11) is 2.61. The fraction of sp³-hybridized carbons (Fsp3) is 0.500. The average molecular weight is 326 g/mol. The smallest absolute Gasteiger partial charge is 0.409 e. The van der Waals surface area contributed by atoms with Crippen molar-refractivity contribution in [2.75, 3.05) is 32.6 Å². The fourth-order valence-corrected chi connectivity index (χ4v) is 3.15. The number of amides is 2. The molecule has 2 amide bonds. The van der Waals surface area contributed by atoms with Gasteiger partial charge < -0.3 is 19.7 Å². The van der Waals surface area contributed by atoms with E-state index in [0.717, 1.165) is 6.42 Å². The van der Waals surface area contributed by atoms with Crippen LogP contribution in [0.5, 0.6) is 0 Å². The molecule has 8 heteroatoms. The Labute approximate surface area is 132 Å². The van der Waals surface area contributed by atoms with Crippen LogP contribution in [0, 0.1) is 5.92 Å². The molecule has 1 atom stereocenters. The molecule has 0 spiro atoms. The summed E-state index contributed by atoms with van der Waals surface area (Å²) in [5, 5.41) is 4.46. The topological polar surface area (TPSA) is 84.9 Å². The number of piperidine rings is 1. The molecule has 2 rings (SSSR count). The Kier molecular flexibility index (Phi) is 5.37. The Morgan fingerprint density at radius 3 is 2.77 bits per heavy atom. The SMILES string of the molecule is COC(=O)c1sccc1NC(=O)[C@@H]1CCCN(C(=O)OC)C1. The van der Waals surface area contributed by atoms with Gasteiger partial charge in [0.15, 0.2) is 0 Å². The largest absolute Gasteiger partial charge is 0.465 e. The van der Waals surface area contributed by atoms with E-state index in [9.17, 15) is 14.4 Å². The molecular formula is C14H18N2O5S. The Balaban J connectivity index is 2.02. The quantitative estimate of drug-likeness (QED) is 0.858. The first-order valence-corrected chi connectivity index (χ1v) is 7.74. The third kappa shape index (κ3) is 3.56. The van der Waals surface area contributed by atoms with Gasteiger partial charge in [-0.15, -0.1) is 11.3 Å². The molecule has 1 N–H and O–H groups in total. The standard InChI is InChI=1S/C14H18N2O5S/c1-20-13(18)11-10(5-7-22-11)15-12(17)9-4-3-6-16(8-9)14(19)21-2/h5,7,9H,3-4,6,8H2,1-2H3,(H,15,17)/t9-/m1/s1. The van der Waals surface area contributed by atoms with Gasteiger partial charge in [-0.25, -0.2) is 9.59 Å². The molecule has 1 aliphatic rings. The van der Waals surface area contributed by atoms with Gasteiger partial charge in [-0.3, -0.25) is 4.79 Å². The summed E-state index contributed by atoms with van der Waals surface area (Å²) in [5.41, 5.74) is 0.442. The number of likely N-dealkylation sites (tertiary alicyclic amines) is 1. The van der Waals surface area contributed by atoms with Gasteiger partial charge in [-0.05, 0) is 24.3 Å². The molecule has 2 heterocycles. The zero-order chi connectivity index (χ0) is 16.1. The van der Waals surface area contributed by atoms with E-state index in [2.05, 4.69) is 14.8 Å². The average Bonchev–Trinajstić information content (AvgIpc) is 3.01. The van der Waals surface area contributed by atoms with Crippen LogP contribution in [-0.4, -0.2) is 50.2 Å². The van der Waals surface area contributed by atoms with E-state index in [0.29, 0.717) is 30.1 Å². The number of nitrogens with zero attached hydrogens (tertiary/aromatic N) is 1. The molecule has 120 valence electrons. The Hall–Kier alpha value is -2.09. The van der Waals surface area contributed by atoms with Crippen LogP contribution in [0.25, 0.3) is 0 Å². The van der Waals surface area contributed by atoms with E-state index in [1.54, 1.807) is 11.4 Å². The molecule has 0 aliphatic carbocycles. The van der Waals surface area contributed by atoms with Gasteiger partial charge in [0, 0.05) is 13.1 Å². The minimum atomic E-state index is -0.481. The van der Waals surface area contributed by atoms with Crippen LogP contribution in [-0.2, 0) is 14.3 Å². The lowest BCUT2D eigenvalue weighted by molar-refractivity contribution is -0.121. The van der Waals surface area contributed by atoms with Crippen LogP contribution in [0.4, 0.5) is 10.5 Å². The monoisotopic (exact) mass is 326 g/mol. The third-order valence-corrected chi connectivity index (χ3v) is 4.41. The number of nitrogens with one attached hydrogen (secondary N) is 1. The zero-order valence-corrected chi connectivity index (χ0v) is 13.3.